The van der Waals surface area contributed by atoms with Crippen LogP contribution in [0.2, 0.25) is 0 Å². The fourth-order valence-electron chi connectivity index (χ4n) is 3.79. The van der Waals surface area contributed by atoms with Gasteiger partial charge in [-0.05, 0) is 50.2 Å². The average Bonchev–Trinajstić information content (AvgIpc) is 2.84. The number of ether oxygens (including phenoxy) is 2. The Balaban J connectivity index is 1.71. The van der Waals surface area contributed by atoms with Gasteiger partial charge in [0.05, 0.1) is 19.9 Å². The molecule has 7 nitrogen and oxygen atoms in total. The summed E-state index contributed by atoms with van der Waals surface area (Å²) in [6, 6.07) is 17.4. The highest BCUT2D eigenvalue weighted by Gasteiger charge is 2.19. The van der Waals surface area contributed by atoms with Crippen molar-refractivity contribution in [2.45, 2.75) is 18.8 Å². The van der Waals surface area contributed by atoms with Crippen molar-refractivity contribution in [2.24, 2.45) is 0 Å². The van der Waals surface area contributed by atoms with Crippen LogP contribution < -0.4 is 15.4 Å². The molecule has 4 rings (SSSR count). The quantitative estimate of drug-likeness (QED) is 0.582. The van der Waals surface area contributed by atoms with Crippen LogP contribution in [0.1, 0.15) is 34.8 Å². The second-order valence-corrected chi connectivity index (χ2v) is 7.42. The molecule has 0 unspecified atom stereocenters. The molecule has 1 aliphatic heterocycles. The van der Waals surface area contributed by atoms with Crippen LogP contribution in [0, 0.1) is 0 Å². The van der Waals surface area contributed by atoms with Crippen LogP contribution in [0.3, 0.4) is 0 Å². The van der Waals surface area contributed by atoms with Gasteiger partial charge in [-0.25, -0.2) is 14.8 Å². The van der Waals surface area contributed by atoms with Crippen molar-refractivity contribution in [3.8, 4) is 17.0 Å². The number of esters is 1. The van der Waals surface area contributed by atoms with Gasteiger partial charge in [0.2, 0.25) is 5.95 Å². The maximum Gasteiger partial charge on any atom is 0.341 e. The summed E-state index contributed by atoms with van der Waals surface area (Å²) in [6.45, 7) is 1.97. The van der Waals surface area contributed by atoms with Crippen molar-refractivity contribution in [1.29, 1.82) is 0 Å². The molecule has 7 heteroatoms. The van der Waals surface area contributed by atoms with Crippen molar-refractivity contribution in [1.82, 2.24) is 15.3 Å². The number of anilines is 2. The van der Waals surface area contributed by atoms with E-state index in [0.717, 1.165) is 42.9 Å². The van der Waals surface area contributed by atoms with E-state index < -0.39 is 5.97 Å². The topological polar surface area (TPSA) is 85.4 Å². The summed E-state index contributed by atoms with van der Waals surface area (Å²) in [7, 11) is 2.87. The second kappa shape index (κ2) is 9.57. The zero-order chi connectivity index (χ0) is 21.6. The normalized spacial score (nSPS) is 14.1. The first kappa shape index (κ1) is 20.8. The van der Waals surface area contributed by atoms with Crippen LogP contribution in [-0.2, 0) is 4.74 Å². The zero-order valence-electron chi connectivity index (χ0n) is 17.7. The highest BCUT2D eigenvalue weighted by atomic mass is 16.5. The minimum absolute atomic E-state index is 0.341. The van der Waals surface area contributed by atoms with Crippen LogP contribution in [0.25, 0.3) is 11.3 Å². The Labute approximate surface area is 181 Å². The molecule has 0 saturated carbocycles. The molecule has 0 radical (unpaired) electrons. The Morgan fingerprint density at radius 2 is 1.81 bits per heavy atom. The lowest BCUT2D eigenvalue weighted by Crippen LogP contribution is -2.27. The van der Waals surface area contributed by atoms with Gasteiger partial charge >= 0.3 is 5.97 Å². The van der Waals surface area contributed by atoms with E-state index in [9.17, 15) is 4.79 Å². The zero-order valence-corrected chi connectivity index (χ0v) is 17.7. The van der Waals surface area contributed by atoms with Gasteiger partial charge < -0.3 is 20.1 Å². The minimum Gasteiger partial charge on any atom is -0.496 e. The summed E-state index contributed by atoms with van der Waals surface area (Å²) in [6.07, 6.45) is 2.08. The molecule has 1 aliphatic rings. The molecular formula is C24H26N4O3. The predicted octanol–water partition coefficient (Wildman–Crippen LogP) is 4.15. The van der Waals surface area contributed by atoms with E-state index in [4.69, 9.17) is 19.4 Å². The summed E-state index contributed by atoms with van der Waals surface area (Å²) in [5.74, 6) is 0.867. The van der Waals surface area contributed by atoms with Crippen molar-refractivity contribution >= 4 is 17.6 Å². The SMILES string of the molecule is COC(=O)c1cc(Nc2nc(-c3ccccc3)cc(C3CCNCC3)n2)ccc1OC. The van der Waals surface area contributed by atoms with Crippen LogP contribution in [0.15, 0.2) is 54.6 Å². The average molecular weight is 418 g/mol. The van der Waals surface area contributed by atoms with Gasteiger partial charge in [0.15, 0.2) is 0 Å². The van der Waals surface area contributed by atoms with Crippen molar-refractivity contribution in [3.63, 3.8) is 0 Å². The molecule has 0 spiro atoms. The van der Waals surface area contributed by atoms with Gasteiger partial charge in [0.1, 0.15) is 11.3 Å². The van der Waals surface area contributed by atoms with E-state index in [1.54, 1.807) is 12.1 Å². The number of nitrogens with zero attached hydrogens (tertiary/aromatic N) is 2. The molecule has 2 aromatic carbocycles. The molecule has 0 atom stereocenters. The van der Waals surface area contributed by atoms with Gasteiger partial charge in [-0.2, -0.15) is 0 Å². The minimum atomic E-state index is -0.463. The number of carbonyl (C=O) groups excluding carboxylic acids is 1. The molecule has 2 heterocycles. The Hall–Kier alpha value is -3.45. The van der Waals surface area contributed by atoms with Gasteiger partial charge in [0.25, 0.3) is 0 Å². The van der Waals surface area contributed by atoms with Gasteiger partial charge in [-0.3, -0.25) is 0 Å². The Morgan fingerprint density at radius 3 is 2.52 bits per heavy atom. The third kappa shape index (κ3) is 4.83. The summed E-state index contributed by atoms with van der Waals surface area (Å²) in [4.78, 5) is 21.7. The maximum atomic E-state index is 12.1. The van der Waals surface area contributed by atoms with Crippen molar-refractivity contribution < 1.29 is 14.3 Å². The van der Waals surface area contributed by atoms with Crippen LogP contribution in [0.5, 0.6) is 5.75 Å². The Kier molecular flexibility index (Phi) is 6.43. The lowest BCUT2D eigenvalue weighted by Gasteiger charge is -2.23. The molecule has 1 aromatic heterocycles. The molecule has 1 fully saturated rings. The number of piperidine rings is 1. The fourth-order valence-corrected chi connectivity index (χ4v) is 3.79. The standard InChI is InChI=1S/C24H26N4O3/c1-30-22-9-8-18(14-19(22)23(29)31-2)26-24-27-20(16-6-4-3-5-7-16)15-21(28-24)17-10-12-25-13-11-17/h3-9,14-15,17,25H,10-13H2,1-2H3,(H,26,27,28). The summed E-state index contributed by atoms with van der Waals surface area (Å²) < 4.78 is 10.2. The first-order valence-electron chi connectivity index (χ1n) is 10.4. The van der Waals surface area contributed by atoms with E-state index in [0.29, 0.717) is 28.9 Å². The molecule has 31 heavy (non-hydrogen) atoms. The van der Waals surface area contributed by atoms with Crippen LogP contribution >= 0.6 is 0 Å². The number of hydrogen-bond donors (Lipinski definition) is 2. The van der Waals surface area contributed by atoms with Crippen molar-refractivity contribution in [2.75, 3.05) is 32.6 Å². The lowest BCUT2D eigenvalue weighted by atomic mass is 9.93. The van der Waals surface area contributed by atoms with Gasteiger partial charge in [0, 0.05) is 22.9 Å². The van der Waals surface area contributed by atoms with Crippen LogP contribution in [-0.4, -0.2) is 43.2 Å². The summed E-state index contributed by atoms with van der Waals surface area (Å²) in [5.41, 5.74) is 3.96. The lowest BCUT2D eigenvalue weighted by molar-refractivity contribution is 0.0597. The van der Waals surface area contributed by atoms with E-state index >= 15 is 0 Å². The van der Waals surface area contributed by atoms with Crippen LogP contribution in [0.4, 0.5) is 11.6 Å². The third-order valence-corrected chi connectivity index (χ3v) is 5.43. The first-order chi connectivity index (χ1) is 15.2. The third-order valence-electron chi connectivity index (χ3n) is 5.43. The molecule has 1 saturated heterocycles. The van der Waals surface area contributed by atoms with Gasteiger partial charge in [-0.1, -0.05) is 30.3 Å². The molecule has 2 N–H and O–H groups in total. The predicted molar refractivity (Wildman–Crippen MR) is 120 cm³/mol. The van der Waals surface area contributed by atoms with E-state index in [2.05, 4.69) is 16.7 Å². The number of rotatable bonds is 6. The highest BCUT2D eigenvalue weighted by molar-refractivity contribution is 5.93. The Morgan fingerprint density at radius 1 is 1.03 bits per heavy atom. The highest BCUT2D eigenvalue weighted by Crippen LogP contribution is 2.30. The monoisotopic (exact) mass is 418 g/mol. The van der Waals surface area contributed by atoms with E-state index in [1.165, 1.54) is 14.2 Å². The number of aromatic nitrogens is 2. The molecule has 0 bridgehead atoms. The largest absolute Gasteiger partial charge is 0.496 e. The molecule has 160 valence electrons. The number of nitrogens with one attached hydrogen (secondary N) is 2. The Bertz CT molecular complexity index is 1050. The van der Waals surface area contributed by atoms with Gasteiger partial charge in [-0.15, -0.1) is 0 Å². The first-order valence-corrected chi connectivity index (χ1v) is 10.4. The number of hydrogen-bond acceptors (Lipinski definition) is 7. The fraction of sp³-hybridized carbons (Fsp3) is 0.292. The number of benzene rings is 2. The summed E-state index contributed by atoms with van der Waals surface area (Å²) >= 11 is 0. The molecule has 3 aromatic rings. The number of methoxy groups -OCH3 is 2. The second-order valence-electron chi connectivity index (χ2n) is 7.42. The molecular weight excluding hydrogens is 392 g/mol. The molecule has 0 aliphatic carbocycles. The van der Waals surface area contributed by atoms with E-state index in [1.807, 2.05) is 36.4 Å². The van der Waals surface area contributed by atoms with E-state index in [-0.39, 0.29) is 0 Å². The number of carbonyl (C=O) groups is 1. The smallest absolute Gasteiger partial charge is 0.341 e. The van der Waals surface area contributed by atoms with Crippen molar-refractivity contribution in [3.05, 3.63) is 65.9 Å². The summed E-state index contributed by atoms with van der Waals surface area (Å²) in [5, 5.41) is 6.67. The molecule has 0 amide bonds. The maximum absolute atomic E-state index is 12.1.